The quantitative estimate of drug-likeness (QED) is 0.532. The second-order valence-corrected chi connectivity index (χ2v) is 8.50. The highest BCUT2D eigenvalue weighted by Crippen LogP contribution is 2.28. The molecule has 10 nitrogen and oxygen atoms in total. The number of carboxylic acid groups (broad SMARTS) is 1. The van der Waals surface area contributed by atoms with E-state index in [1.807, 2.05) is 25.1 Å². The van der Waals surface area contributed by atoms with Gasteiger partial charge in [0.2, 0.25) is 0 Å². The van der Waals surface area contributed by atoms with E-state index in [-0.39, 0.29) is 11.9 Å². The molecule has 0 aromatic carbocycles. The molecule has 1 atom stereocenters. The third-order valence-corrected chi connectivity index (χ3v) is 5.69. The van der Waals surface area contributed by atoms with Crippen LogP contribution < -0.4 is 14.4 Å². The van der Waals surface area contributed by atoms with Gasteiger partial charge in [0.1, 0.15) is 17.3 Å². The highest BCUT2D eigenvalue weighted by Gasteiger charge is 2.32. The molecule has 4 heterocycles. The number of pyridine rings is 1. The predicted octanol–water partition coefficient (Wildman–Crippen LogP) is 3.14. The first-order valence-corrected chi connectivity index (χ1v) is 11.3. The van der Waals surface area contributed by atoms with Gasteiger partial charge in [-0.25, -0.2) is 24.9 Å². The van der Waals surface area contributed by atoms with Crippen molar-refractivity contribution in [3.05, 3.63) is 48.5 Å². The number of carbonyl (C=O) groups is 1. The van der Waals surface area contributed by atoms with Crippen LogP contribution in [0.25, 0.3) is 11.6 Å². The fourth-order valence-corrected chi connectivity index (χ4v) is 3.69. The van der Waals surface area contributed by atoms with Crippen molar-refractivity contribution >= 4 is 11.8 Å². The molecule has 1 N–H and O–H groups in total. The van der Waals surface area contributed by atoms with Crippen molar-refractivity contribution in [3.63, 3.8) is 0 Å². The van der Waals surface area contributed by atoms with Crippen molar-refractivity contribution in [1.82, 2.24) is 24.9 Å². The summed E-state index contributed by atoms with van der Waals surface area (Å²) in [5.41, 5.74) is -0.760. The van der Waals surface area contributed by atoms with Gasteiger partial charge in [-0.1, -0.05) is 0 Å². The zero-order chi connectivity index (χ0) is 24.1. The van der Waals surface area contributed by atoms with E-state index in [2.05, 4.69) is 29.8 Å². The molecule has 1 saturated heterocycles. The zero-order valence-corrected chi connectivity index (χ0v) is 19.5. The van der Waals surface area contributed by atoms with Crippen molar-refractivity contribution in [3.8, 4) is 23.3 Å². The van der Waals surface area contributed by atoms with E-state index in [4.69, 9.17) is 9.47 Å². The van der Waals surface area contributed by atoms with Gasteiger partial charge >= 0.3 is 5.97 Å². The van der Waals surface area contributed by atoms with Crippen LogP contribution in [0.1, 0.15) is 39.3 Å². The summed E-state index contributed by atoms with van der Waals surface area (Å²) >= 11 is 0. The van der Waals surface area contributed by atoms with E-state index in [0.29, 0.717) is 36.3 Å². The van der Waals surface area contributed by atoms with E-state index in [0.717, 1.165) is 25.2 Å². The Morgan fingerprint density at radius 3 is 2.65 bits per heavy atom. The van der Waals surface area contributed by atoms with Crippen LogP contribution in [-0.4, -0.2) is 61.8 Å². The lowest BCUT2D eigenvalue weighted by atomic mass is 9.89. The number of carboxylic acids is 1. The summed E-state index contributed by atoms with van der Waals surface area (Å²) in [5.74, 6) is 1.52. The van der Waals surface area contributed by atoms with Gasteiger partial charge < -0.3 is 19.5 Å². The molecular weight excluding hydrogens is 436 g/mol. The van der Waals surface area contributed by atoms with Crippen LogP contribution in [0.3, 0.4) is 0 Å². The standard InChI is InChI=1S/C24H28N6O4/c1-4-33-17-8-5-11-27-22(17)34-16-7-6-14-30(15-16)19-10-13-26-21(29-19)20-25-12-9-18(28-20)24(2,3)23(31)32/h5,8-13,16H,4,6-7,14-15H2,1-3H3,(H,31,32)/t16-/m1/s1. The van der Waals surface area contributed by atoms with Gasteiger partial charge in [-0.3, -0.25) is 4.79 Å². The van der Waals surface area contributed by atoms with Crippen LogP contribution in [-0.2, 0) is 10.2 Å². The number of piperidine rings is 1. The van der Waals surface area contributed by atoms with Gasteiger partial charge in [0, 0.05) is 25.1 Å². The minimum absolute atomic E-state index is 0.0720. The van der Waals surface area contributed by atoms with Crippen LogP contribution in [0.2, 0.25) is 0 Å². The Labute approximate surface area is 198 Å². The summed E-state index contributed by atoms with van der Waals surface area (Å²) in [6.45, 7) is 7.12. The Balaban J connectivity index is 1.53. The second-order valence-electron chi connectivity index (χ2n) is 8.50. The van der Waals surface area contributed by atoms with Crippen LogP contribution in [0, 0.1) is 0 Å². The molecule has 4 rings (SSSR count). The van der Waals surface area contributed by atoms with Crippen molar-refractivity contribution in [2.45, 2.75) is 45.1 Å². The van der Waals surface area contributed by atoms with Crippen LogP contribution in [0.4, 0.5) is 5.82 Å². The predicted molar refractivity (Wildman–Crippen MR) is 125 cm³/mol. The molecule has 0 aliphatic carbocycles. The molecule has 3 aromatic rings. The fraction of sp³-hybridized carbons (Fsp3) is 0.417. The molecule has 0 unspecified atom stereocenters. The monoisotopic (exact) mass is 464 g/mol. The van der Waals surface area contributed by atoms with Crippen molar-refractivity contribution < 1.29 is 19.4 Å². The van der Waals surface area contributed by atoms with Gasteiger partial charge in [-0.2, -0.15) is 0 Å². The van der Waals surface area contributed by atoms with E-state index < -0.39 is 11.4 Å². The lowest BCUT2D eigenvalue weighted by Gasteiger charge is -2.33. The number of aromatic nitrogens is 5. The number of ether oxygens (including phenoxy) is 2. The summed E-state index contributed by atoms with van der Waals surface area (Å²) in [4.78, 5) is 35.8. The Kier molecular flexibility index (Phi) is 6.85. The molecule has 0 radical (unpaired) electrons. The Morgan fingerprint density at radius 1 is 1.12 bits per heavy atom. The minimum atomic E-state index is -1.15. The molecule has 3 aromatic heterocycles. The van der Waals surface area contributed by atoms with Crippen molar-refractivity contribution in [2.75, 3.05) is 24.6 Å². The Bertz CT molecular complexity index is 1160. The SMILES string of the molecule is CCOc1cccnc1O[C@@H]1CCCN(c2ccnc(-c3nccc(C(C)(C)C(=O)O)n3)n2)C1. The number of nitrogens with zero attached hydrogens (tertiary/aromatic N) is 6. The maximum absolute atomic E-state index is 11.6. The van der Waals surface area contributed by atoms with Gasteiger partial charge in [0.25, 0.3) is 5.88 Å². The van der Waals surface area contributed by atoms with Crippen LogP contribution in [0.15, 0.2) is 42.9 Å². The molecular formula is C24H28N6O4. The van der Waals surface area contributed by atoms with E-state index in [1.165, 1.54) is 6.20 Å². The van der Waals surface area contributed by atoms with Crippen LogP contribution in [0.5, 0.6) is 11.6 Å². The molecule has 10 heteroatoms. The number of hydrogen-bond acceptors (Lipinski definition) is 9. The van der Waals surface area contributed by atoms with Crippen LogP contribution >= 0.6 is 0 Å². The summed E-state index contributed by atoms with van der Waals surface area (Å²) in [6.07, 6.45) is 6.64. The minimum Gasteiger partial charge on any atom is -0.488 e. The normalized spacial score (nSPS) is 16.2. The molecule has 1 aliphatic rings. The van der Waals surface area contributed by atoms with E-state index >= 15 is 0 Å². The number of anilines is 1. The van der Waals surface area contributed by atoms with E-state index in [1.54, 1.807) is 32.3 Å². The van der Waals surface area contributed by atoms with Gasteiger partial charge in [-0.15, -0.1) is 0 Å². The van der Waals surface area contributed by atoms with Gasteiger partial charge in [0.05, 0.1) is 18.8 Å². The topological polar surface area (TPSA) is 123 Å². The Morgan fingerprint density at radius 2 is 1.88 bits per heavy atom. The average Bonchev–Trinajstić information content (AvgIpc) is 2.86. The van der Waals surface area contributed by atoms with Gasteiger partial charge in [-0.05, 0) is 57.9 Å². The first kappa shape index (κ1) is 23.3. The third kappa shape index (κ3) is 5.05. The molecule has 1 aliphatic heterocycles. The third-order valence-electron chi connectivity index (χ3n) is 5.69. The molecule has 34 heavy (non-hydrogen) atoms. The molecule has 1 fully saturated rings. The lowest BCUT2D eigenvalue weighted by Crippen LogP contribution is -2.41. The first-order chi connectivity index (χ1) is 16.4. The summed E-state index contributed by atoms with van der Waals surface area (Å²) < 4.78 is 11.8. The Hall–Kier alpha value is -3.82. The summed E-state index contributed by atoms with van der Waals surface area (Å²) in [5, 5.41) is 9.53. The first-order valence-electron chi connectivity index (χ1n) is 11.3. The fourth-order valence-electron chi connectivity index (χ4n) is 3.69. The van der Waals surface area contributed by atoms with Gasteiger partial charge in [0.15, 0.2) is 17.4 Å². The highest BCUT2D eigenvalue weighted by atomic mass is 16.5. The zero-order valence-electron chi connectivity index (χ0n) is 19.5. The van der Waals surface area contributed by atoms with E-state index in [9.17, 15) is 9.90 Å². The molecule has 0 amide bonds. The smallest absolute Gasteiger partial charge is 0.315 e. The van der Waals surface area contributed by atoms with Crippen molar-refractivity contribution in [1.29, 1.82) is 0 Å². The second kappa shape index (κ2) is 9.98. The maximum Gasteiger partial charge on any atom is 0.315 e. The molecule has 0 bridgehead atoms. The molecule has 178 valence electrons. The molecule has 0 saturated carbocycles. The number of rotatable bonds is 8. The molecule has 0 spiro atoms. The average molecular weight is 465 g/mol. The number of aliphatic carboxylic acids is 1. The summed E-state index contributed by atoms with van der Waals surface area (Å²) in [7, 11) is 0. The summed E-state index contributed by atoms with van der Waals surface area (Å²) in [6, 6.07) is 7.11. The van der Waals surface area contributed by atoms with Crippen molar-refractivity contribution in [2.24, 2.45) is 0 Å². The maximum atomic E-state index is 11.6. The highest BCUT2D eigenvalue weighted by molar-refractivity contribution is 5.79. The largest absolute Gasteiger partial charge is 0.488 e. The lowest BCUT2D eigenvalue weighted by molar-refractivity contribution is -0.142. The number of hydrogen-bond donors (Lipinski definition) is 1.